The van der Waals surface area contributed by atoms with E-state index in [4.69, 9.17) is 16.0 Å². The van der Waals surface area contributed by atoms with Gasteiger partial charge in [0, 0.05) is 30.7 Å². The van der Waals surface area contributed by atoms with Crippen molar-refractivity contribution < 1.29 is 9.21 Å². The number of rotatable bonds is 2. The highest BCUT2D eigenvalue weighted by Gasteiger charge is 2.28. The fourth-order valence-corrected chi connectivity index (χ4v) is 4.50. The Bertz CT molecular complexity index is 1350. The minimum atomic E-state index is -0.419. The van der Waals surface area contributed by atoms with E-state index in [9.17, 15) is 9.59 Å². The Labute approximate surface area is 177 Å². The summed E-state index contributed by atoms with van der Waals surface area (Å²) in [5.74, 6) is 0.429. The number of aryl methyl sites for hydroxylation is 2. The van der Waals surface area contributed by atoms with E-state index in [1.165, 1.54) is 0 Å². The summed E-state index contributed by atoms with van der Waals surface area (Å²) in [6.07, 6.45) is 1.60. The standard InChI is InChI=1S/C22H21ClN4O3/c1-13-24-17-10-14(5-7-18(17)25(13)2)21(28)26-9-3-4-16(12-26)27-19-11-15(23)6-8-20(19)30-22(27)29/h5-8,10-11,16H,3-4,9,12H2,1-2H3. The maximum Gasteiger partial charge on any atom is 0.420 e. The summed E-state index contributed by atoms with van der Waals surface area (Å²) in [6.45, 7) is 3.04. The van der Waals surface area contributed by atoms with E-state index in [1.54, 1.807) is 27.7 Å². The number of aromatic nitrogens is 3. The van der Waals surface area contributed by atoms with Crippen LogP contribution in [0, 0.1) is 6.92 Å². The molecular formula is C22H21ClN4O3. The van der Waals surface area contributed by atoms with E-state index in [2.05, 4.69) is 4.98 Å². The number of oxazole rings is 1. The summed E-state index contributed by atoms with van der Waals surface area (Å²) in [5, 5.41) is 0.541. The summed E-state index contributed by atoms with van der Waals surface area (Å²) in [5.41, 5.74) is 3.57. The quantitative estimate of drug-likeness (QED) is 0.489. The maximum absolute atomic E-state index is 13.2. The van der Waals surface area contributed by atoms with Gasteiger partial charge in [-0.3, -0.25) is 9.36 Å². The van der Waals surface area contributed by atoms with Crippen molar-refractivity contribution in [1.82, 2.24) is 19.0 Å². The van der Waals surface area contributed by atoms with E-state index in [0.29, 0.717) is 34.8 Å². The van der Waals surface area contributed by atoms with Crippen molar-refractivity contribution >= 4 is 39.6 Å². The molecule has 2 aromatic heterocycles. The van der Waals surface area contributed by atoms with Crippen molar-refractivity contribution in [2.75, 3.05) is 13.1 Å². The van der Waals surface area contributed by atoms with Crippen LogP contribution in [0.4, 0.5) is 0 Å². The van der Waals surface area contributed by atoms with Gasteiger partial charge in [0.2, 0.25) is 0 Å². The molecule has 3 heterocycles. The summed E-state index contributed by atoms with van der Waals surface area (Å²) < 4.78 is 9.02. The van der Waals surface area contributed by atoms with Crippen LogP contribution >= 0.6 is 11.6 Å². The first kappa shape index (κ1) is 18.9. The van der Waals surface area contributed by atoms with Gasteiger partial charge in [-0.05, 0) is 56.2 Å². The molecule has 1 amide bonds. The molecule has 0 radical (unpaired) electrons. The Morgan fingerprint density at radius 2 is 2.03 bits per heavy atom. The largest absolute Gasteiger partial charge is 0.420 e. The Balaban J connectivity index is 1.46. The number of fused-ring (bicyclic) bond motifs is 2. The number of halogens is 1. The molecule has 0 spiro atoms. The number of likely N-dealkylation sites (tertiary alicyclic amines) is 1. The SMILES string of the molecule is Cc1nc2cc(C(=O)N3CCCC(n4c(=O)oc5ccc(Cl)cc54)C3)ccc2n1C. The molecule has 1 atom stereocenters. The van der Waals surface area contributed by atoms with Gasteiger partial charge in [0.05, 0.1) is 22.6 Å². The number of benzene rings is 2. The van der Waals surface area contributed by atoms with Gasteiger partial charge in [-0.2, -0.15) is 0 Å². The second-order valence-electron chi connectivity index (χ2n) is 7.82. The van der Waals surface area contributed by atoms with Crippen LogP contribution < -0.4 is 5.76 Å². The van der Waals surface area contributed by atoms with Gasteiger partial charge in [-0.1, -0.05) is 11.6 Å². The summed E-state index contributed by atoms with van der Waals surface area (Å²) >= 11 is 6.13. The highest BCUT2D eigenvalue weighted by atomic mass is 35.5. The molecule has 4 aromatic rings. The van der Waals surface area contributed by atoms with Crippen molar-refractivity contribution in [3.63, 3.8) is 0 Å². The number of carbonyl (C=O) groups is 1. The van der Waals surface area contributed by atoms with Gasteiger partial charge in [0.15, 0.2) is 5.58 Å². The van der Waals surface area contributed by atoms with Crippen LogP contribution in [0.5, 0.6) is 0 Å². The van der Waals surface area contributed by atoms with Gasteiger partial charge in [-0.15, -0.1) is 0 Å². The fourth-order valence-electron chi connectivity index (χ4n) is 4.34. The lowest BCUT2D eigenvalue weighted by Crippen LogP contribution is -2.42. The zero-order valence-corrected chi connectivity index (χ0v) is 17.5. The van der Waals surface area contributed by atoms with Gasteiger partial charge >= 0.3 is 5.76 Å². The third-order valence-corrected chi connectivity index (χ3v) is 6.21. The Morgan fingerprint density at radius 1 is 1.20 bits per heavy atom. The molecule has 1 aliphatic rings. The minimum absolute atomic E-state index is 0.0520. The molecule has 0 N–H and O–H groups in total. The van der Waals surface area contributed by atoms with Crippen LogP contribution in [-0.4, -0.2) is 38.0 Å². The molecular weight excluding hydrogens is 404 g/mol. The fraction of sp³-hybridized carbons (Fsp3) is 0.318. The molecule has 2 aromatic carbocycles. The second-order valence-corrected chi connectivity index (χ2v) is 8.26. The van der Waals surface area contributed by atoms with E-state index in [-0.39, 0.29) is 11.9 Å². The predicted octanol–water partition coefficient (Wildman–Crippen LogP) is 3.92. The molecule has 30 heavy (non-hydrogen) atoms. The Morgan fingerprint density at radius 3 is 2.87 bits per heavy atom. The minimum Gasteiger partial charge on any atom is -0.408 e. The maximum atomic E-state index is 13.2. The molecule has 5 rings (SSSR count). The van der Waals surface area contributed by atoms with Crippen molar-refractivity contribution in [2.45, 2.75) is 25.8 Å². The third kappa shape index (κ3) is 3.01. The van der Waals surface area contributed by atoms with Crippen LogP contribution in [0.2, 0.25) is 5.02 Å². The highest BCUT2D eigenvalue weighted by molar-refractivity contribution is 6.31. The van der Waals surface area contributed by atoms with Crippen molar-refractivity contribution in [1.29, 1.82) is 0 Å². The third-order valence-electron chi connectivity index (χ3n) is 5.97. The second kappa shape index (κ2) is 7.02. The molecule has 1 saturated heterocycles. The molecule has 0 saturated carbocycles. The van der Waals surface area contributed by atoms with Gasteiger partial charge < -0.3 is 13.9 Å². The van der Waals surface area contributed by atoms with Gasteiger partial charge in [0.25, 0.3) is 5.91 Å². The summed E-state index contributed by atoms with van der Waals surface area (Å²) in [4.78, 5) is 32.1. The Hall–Kier alpha value is -3.06. The lowest BCUT2D eigenvalue weighted by atomic mass is 10.0. The molecule has 0 aliphatic carbocycles. The van der Waals surface area contributed by atoms with E-state index < -0.39 is 5.76 Å². The zero-order valence-electron chi connectivity index (χ0n) is 16.8. The van der Waals surface area contributed by atoms with E-state index in [0.717, 1.165) is 29.7 Å². The number of hydrogen-bond donors (Lipinski definition) is 0. The monoisotopic (exact) mass is 424 g/mol. The molecule has 8 heteroatoms. The van der Waals surface area contributed by atoms with E-state index in [1.807, 2.05) is 36.7 Å². The number of carbonyl (C=O) groups excluding carboxylic acids is 1. The number of imidazole rings is 1. The molecule has 1 aliphatic heterocycles. The number of hydrogen-bond acceptors (Lipinski definition) is 4. The molecule has 0 bridgehead atoms. The average Bonchev–Trinajstić information content (AvgIpc) is 3.22. The van der Waals surface area contributed by atoms with Crippen LogP contribution in [0.1, 0.15) is 35.1 Å². The van der Waals surface area contributed by atoms with Crippen molar-refractivity contribution in [3.8, 4) is 0 Å². The summed E-state index contributed by atoms with van der Waals surface area (Å²) in [6, 6.07) is 10.6. The van der Waals surface area contributed by atoms with Gasteiger partial charge in [0.1, 0.15) is 5.82 Å². The number of amides is 1. The van der Waals surface area contributed by atoms with Crippen LogP contribution in [0.25, 0.3) is 22.1 Å². The summed E-state index contributed by atoms with van der Waals surface area (Å²) in [7, 11) is 1.96. The van der Waals surface area contributed by atoms with Crippen molar-refractivity contribution in [2.24, 2.45) is 7.05 Å². The number of nitrogens with zero attached hydrogens (tertiary/aromatic N) is 4. The van der Waals surface area contributed by atoms with Crippen LogP contribution in [0.15, 0.2) is 45.6 Å². The lowest BCUT2D eigenvalue weighted by molar-refractivity contribution is 0.0677. The van der Waals surface area contributed by atoms with Crippen LogP contribution in [0.3, 0.4) is 0 Å². The first-order chi connectivity index (χ1) is 14.4. The predicted molar refractivity (Wildman–Crippen MR) is 115 cm³/mol. The first-order valence-electron chi connectivity index (χ1n) is 9.95. The van der Waals surface area contributed by atoms with Crippen LogP contribution in [-0.2, 0) is 7.05 Å². The van der Waals surface area contributed by atoms with Crippen molar-refractivity contribution in [3.05, 3.63) is 63.4 Å². The smallest absolute Gasteiger partial charge is 0.408 e. The normalized spacial score (nSPS) is 17.2. The van der Waals surface area contributed by atoms with Gasteiger partial charge in [-0.25, -0.2) is 9.78 Å². The lowest BCUT2D eigenvalue weighted by Gasteiger charge is -2.33. The molecule has 7 nitrogen and oxygen atoms in total. The molecule has 1 fully saturated rings. The topological polar surface area (TPSA) is 73.3 Å². The molecule has 1 unspecified atom stereocenters. The van der Waals surface area contributed by atoms with E-state index >= 15 is 0 Å². The zero-order chi connectivity index (χ0) is 21.0. The number of piperidine rings is 1. The first-order valence-corrected chi connectivity index (χ1v) is 10.3. The highest BCUT2D eigenvalue weighted by Crippen LogP contribution is 2.28. The Kier molecular flexibility index (Phi) is 4.43. The average molecular weight is 425 g/mol. The molecule has 154 valence electrons.